The maximum absolute atomic E-state index is 12.8. The van der Waals surface area contributed by atoms with Gasteiger partial charge in [0, 0.05) is 42.2 Å². The van der Waals surface area contributed by atoms with Crippen molar-refractivity contribution < 1.29 is 19.6 Å². The molecule has 0 aromatic heterocycles. The summed E-state index contributed by atoms with van der Waals surface area (Å²) in [6.07, 6.45) is -1.09. The summed E-state index contributed by atoms with van der Waals surface area (Å²) in [5, 5.41) is 23.9. The van der Waals surface area contributed by atoms with Gasteiger partial charge in [-0.2, -0.15) is 0 Å². The van der Waals surface area contributed by atoms with E-state index in [1.807, 2.05) is 37.4 Å². The summed E-state index contributed by atoms with van der Waals surface area (Å²) < 4.78 is 0. The van der Waals surface area contributed by atoms with Crippen molar-refractivity contribution in [3.8, 4) is 0 Å². The average Bonchev–Trinajstić information content (AvgIpc) is 2.79. The van der Waals surface area contributed by atoms with E-state index in [1.165, 1.54) is 0 Å². The number of aliphatic hydroxyl groups excluding tert-OH is 1. The van der Waals surface area contributed by atoms with Gasteiger partial charge in [-0.3, -0.25) is 19.7 Å². The number of benzene rings is 2. The molecule has 1 saturated heterocycles. The molecule has 2 aromatic rings. The number of likely N-dealkylation sites (N-methyl/N-ethyl adjacent to an activating group) is 1. The van der Waals surface area contributed by atoms with Crippen LogP contribution in [0.5, 0.6) is 0 Å². The van der Waals surface area contributed by atoms with Gasteiger partial charge in [-0.05, 0) is 43.3 Å². The molecule has 0 radical (unpaired) electrons. The van der Waals surface area contributed by atoms with Gasteiger partial charge < -0.3 is 20.2 Å². The van der Waals surface area contributed by atoms with Crippen LogP contribution in [-0.4, -0.2) is 83.6 Å². The van der Waals surface area contributed by atoms with E-state index >= 15 is 0 Å². The molecule has 3 rings (SSSR count). The van der Waals surface area contributed by atoms with Gasteiger partial charge in [-0.15, -0.1) is 0 Å². The van der Waals surface area contributed by atoms with Crippen molar-refractivity contribution in [2.24, 2.45) is 0 Å². The first-order valence-electron chi connectivity index (χ1n) is 10.6. The number of carbonyl (C=O) groups is 2. The van der Waals surface area contributed by atoms with Gasteiger partial charge in [0.1, 0.15) is 6.10 Å². The van der Waals surface area contributed by atoms with Gasteiger partial charge in [0.2, 0.25) is 6.54 Å². The van der Waals surface area contributed by atoms with Crippen molar-refractivity contribution >= 4 is 11.8 Å². The Balaban J connectivity index is 1.67. The number of nitrogens with one attached hydrogen (secondary N) is 1. The minimum atomic E-state index is -1.34. The number of carbonyl (C=O) groups excluding carboxylic acids is 2. The van der Waals surface area contributed by atoms with E-state index < -0.39 is 29.5 Å². The lowest BCUT2D eigenvalue weighted by atomic mass is 10.0. The molecule has 0 spiro atoms. The van der Waals surface area contributed by atoms with Gasteiger partial charge in [0.25, 0.3) is 11.8 Å². The maximum atomic E-state index is 12.8. The summed E-state index contributed by atoms with van der Waals surface area (Å²) in [5.41, 5.74) is 1.65. The highest BCUT2D eigenvalue weighted by molar-refractivity contribution is 5.98. The molecule has 0 bridgehead atoms. The lowest BCUT2D eigenvalue weighted by Crippen LogP contribution is -2.47. The molecule has 1 fully saturated rings. The predicted molar refractivity (Wildman–Crippen MR) is 119 cm³/mol. The quantitative estimate of drug-likeness (QED) is 0.468. The van der Waals surface area contributed by atoms with Crippen LogP contribution in [0.15, 0.2) is 54.6 Å². The molecule has 2 atom stereocenters. The van der Waals surface area contributed by atoms with Crippen molar-refractivity contribution in [2.45, 2.75) is 18.6 Å². The molecule has 2 aromatic carbocycles. The van der Waals surface area contributed by atoms with Gasteiger partial charge in [0.05, 0.1) is 6.04 Å². The number of rotatable bonds is 8. The second-order valence-corrected chi connectivity index (χ2v) is 8.03. The zero-order valence-electron chi connectivity index (χ0n) is 18.0. The molecule has 1 aliphatic rings. The fraction of sp³-hybridized carbons (Fsp3) is 0.391. The monoisotopic (exact) mass is 440 g/mol. The van der Waals surface area contributed by atoms with Crippen molar-refractivity contribution in [1.82, 2.24) is 15.1 Å². The largest absolute Gasteiger partial charge is 0.384 e. The van der Waals surface area contributed by atoms with Crippen LogP contribution < -0.4 is 5.32 Å². The zero-order chi connectivity index (χ0) is 23.1. The molecule has 9 nitrogen and oxygen atoms in total. The van der Waals surface area contributed by atoms with Gasteiger partial charge in [0.15, 0.2) is 0 Å². The third-order valence-corrected chi connectivity index (χ3v) is 5.60. The van der Waals surface area contributed by atoms with Crippen LogP contribution in [0.1, 0.15) is 26.3 Å². The zero-order valence-corrected chi connectivity index (χ0v) is 18.0. The minimum Gasteiger partial charge on any atom is -0.384 e. The van der Waals surface area contributed by atoms with Crippen molar-refractivity contribution in [3.05, 3.63) is 81.4 Å². The Morgan fingerprint density at radius 3 is 2.22 bits per heavy atom. The topological polar surface area (TPSA) is 116 Å². The Morgan fingerprint density at radius 1 is 1.03 bits per heavy atom. The van der Waals surface area contributed by atoms with Crippen molar-refractivity contribution in [1.29, 1.82) is 0 Å². The van der Waals surface area contributed by atoms with Crippen LogP contribution in [0.25, 0.3) is 0 Å². The number of piperazine rings is 1. The highest BCUT2D eigenvalue weighted by Crippen LogP contribution is 2.12. The van der Waals surface area contributed by atoms with E-state index in [0.717, 1.165) is 18.7 Å². The van der Waals surface area contributed by atoms with E-state index in [4.69, 9.17) is 0 Å². The summed E-state index contributed by atoms with van der Waals surface area (Å²) in [6, 6.07) is 14.6. The molecular formula is C23H28N4O5. The Bertz CT molecular complexity index is 927. The molecule has 1 heterocycles. The molecule has 0 aliphatic carbocycles. The number of aliphatic hydroxyl groups is 1. The molecule has 2 amide bonds. The first-order chi connectivity index (χ1) is 15.3. The Hall–Kier alpha value is -3.30. The lowest BCUT2D eigenvalue weighted by molar-refractivity contribution is -0.491. The molecule has 2 N–H and O–H groups in total. The summed E-state index contributed by atoms with van der Waals surface area (Å²) in [6.45, 7) is 2.29. The van der Waals surface area contributed by atoms with Crippen molar-refractivity contribution in [3.63, 3.8) is 0 Å². The van der Waals surface area contributed by atoms with Crippen LogP contribution in [-0.2, 0) is 6.42 Å². The molecule has 9 heteroatoms. The average molecular weight is 441 g/mol. The Kier molecular flexibility index (Phi) is 7.91. The number of hydrogen-bond donors (Lipinski definition) is 2. The minimum absolute atomic E-state index is 0.0755. The first-order valence-corrected chi connectivity index (χ1v) is 10.6. The van der Waals surface area contributed by atoms with Crippen LogP contribution in [0.2, 0.25) is 0 Å². The Morgan fingerprint density at radius 2 is 1.62 bits per heavy atom. The van der Waals surface area contributed by atoms with E-state index in [-0.39, 0.29) is 12.3 Å². The van der Waals surface area contributed by atoms with Crippen LogP contribution in [0, 0.1) is 10.1 Å². The highest BCUT2D eigenvalue weighted by Gasteiger charge is 2.27. The molecule has 0 saturated carbocycles. The fourth-order valence-electron chi connectivity index (χ4n) is 3.64. The molecule has 1 aliphatic heterocycles. The van der Waals surface area contributed by atoms with Gasteiger partial charge in [-0.1, -0.05) is 30.3 Å². The molecule has 0 unspecified atom stereocenters. The van der Waals surface area contributed by atoms with E-state index in [1.54, 1.807) is 29.2 Å². The standard InChI is InChI=1S/C23H28N4O5/c1-25-11-13-26(14-12-25)23(30)19-9-7-18(8-10-19)22(29)24-20(21(28)16-27(31)32)15-17-5-3-2-4-6-17/h2-10,20-21,28H,11-16H2,1H3,(H,24,29)/t20-,21+/m0/s1. The van der Waals surface area contributed by atoms with Crippen molar-refractivity contribution in [2.75, 3.05) is 39.8 Å². The third kappa shape index (κ3) is 6.35. The molecule has 170 valence electrons. The predicted octanol–water partition coefficient (Wildman–Crippen LogP) is 1.05. The number of hydrogen-bond acceptors (Lipinski definition) is 6. The third-order valence-electron chi connectivity index (χ3n) is 5.60. The summed E-state index contributed by atoms with van der Waals surface area (Å²) in [4.78, 5) is 39.6. The van der Waals surface area contributed by atoms with E-state index in [2.05, 4.69) is 10.2 Å². The van der Waals surface area contributed by atoms with Crippen LogP contribution in [0.4, 0.5) is 0 Å². The van der Waals surface area contributed by atoms with Crippen LogP contribution in [0.3, 0.4) is 0 Å². The number of amides is 2. The van der Waals surface area contributed by atoms with Gasteiger partial charge in [-0.25, -0.2) is 0 Å². The van der Waals surface area contributed by atoms with Gasteiger partial charge >= 0.3 is 0 Å². The number of nitrogens with zero attached hydrogens (tertiary/aromatic N) is 3. The van der Waals surface area contributed by atoms with E-state index in [0.29, 0.717) is 24.2 Å². The second kappa shape index (κ2) is 10.8. The highest BCUT2D eigenvalue weighted by atomic mass is 16.6. The lowest BCUT2D eigenvalue weighted by Gasteiger charge is -2.32. The maximum Gasteiger partial charge on any atom is 0.253 e. The Labute approximate surface area is 186 Å². The van der Waals surface area contributed by atoms with Crippen LogP contribution >= 0.6 is 0 Å². The summed E-state index contributed by atoms with van der Waals surface area (Å²) >= 11 is 0. The van der Waals surface area contributed by atoms with E-state index in [9.17, 15) is 24.8 Å². The molecule has 32 heavy (non-hydrogen) atoms. The number of nitro groups is 1. The SMILES string of the molecule is CN1CCN(C(=O)c2ccc(C(=O)N[C@@H](Cc3ccccc3)[C@H](O)C[N+](=O)[O-])cc2)CC1. The summed E-state index contributed by atoms with van der Waals surface area (Å²) in [5.74, 6) is -0.541. The smallest absolute Gasteiger partial charge is 0.253 e. The summed E-state index contributed by atoms with van der Waals surface area (Å²) in [7, 11) is 2.02. The molecular weight excluding hydrogens is 412 g/mol. The normalized spacial score (nSPS) is 16.2. The first kappa shape index (κ1) is 23.4. The second-order valence-electron chi connectivity index (χ2n) is 8.03. The fourth-order valence-corrected chi connectivity index (χ4v) is 3.64.